The minimum Gasteiger partial charge on any atom is -0.379 e. The van der Waals surface area contributed by atoms with Gasteiger partial charge in [-0.05, 0) is 43.9 Å². The minimum atomic E-state index is -0.553. The number of fused-ring (bicyclic) bond motifs is 1. The summed E-state index contributed by atoms with van der Waals surface area (Å²) in [5.41, 5.74) is 8.94. The van der Waals surface area contributed by atoms with Crippen molar-refractivity contribution in [2.75, 3.05) is 11.1 Å². The highest BCUT2D eigenvalue weighted by atomic mass is 32.2. The molecule has 1 fully saturated rings. The highest BCUT2D eigenvalue weighted by Crippen LogP contribution is 2.51. The first kappa shape index (κ1) is 18.0. The van der Waals surface area contributed by atoms with Gasteiger partial charge in [-0.2, -0.15) is 0 Å². The number of amidine groups is 1. The molecular formula is C20H22FN5S. The summed E-state index contributed by atoms with van der Waals surface area (Å²) >= 11 is 1.57. The smallest absolute Gasteiger partial charge is 0.154 e. The molecule has 140 valence electrons. The van der Waals surface area contributed by atoms with Crippen LogP contribution in [0.2, 0.25) is 0 Å². The Kier molecular flexibility index (Phi) is 4.63. The van der Waals surface area contributed by atoms with Crippen LogP contribution in [0.4, 0.5) is 10.1 Å². The van der Waals surface area contributed by atoms with Gasteiger partial charge in [0, 0.05) is 23.2 Å². The predicted octanol–water partition coefficient (Wildman–Crippen LogP) is 4.06. The summed E-state index contributed by atoms with van der Waals surface area (Å²) in [6.45, 7) is 5.91. The van der Waals surface area contributed by atoms with E-state index in [9.17, 15) is 4.39 Å². The lowest BCUT2D eigenvalue weighted by Gasteiger charge is -2.36. The molecule has 2 atom stereocenters. The van der Waals surface area contributed by atoms with E-state index in [1.54, 1.807) is 30.2 Å². The van der Waals surface area contributed by atoms with Gasteiger partial charge in [0.05, 0.1) is 23.1 Å². The first-order valence-electron chi connectivity index (χ1n) is 9.01. The Balaban J connectivity index is 1.67. The number of nitrogens with zero attached hydrogens (tertiary/aromatic N) is 3. The maximum absolute atomic E-state index is 14.8. The van der Waals surface area contributed by atoms with Crippen molar-refractivity contribution in [3.05, 3.63) is 59.9 Å². The Hall–Kier alpha value is -2.41. The third-order valence-electron chi connectivity index (χ3n) is 5.35. The average molecular weight is 383 g/mol. The van der Waals surface area contributed by atoms with Crippen LogP contribution in [-0.4, -0.2) is 20.9 Å². The SMILES string of the molecule is C=C(Nc1ccc(F)c([C@]23CCC[C@H]2CSC(N)=N3)c1)c1cnc(C)cn1. The van der Waals surface area contributed by atoms with Crippen molar-refractivity contribution in [1.29, 1.82) is 0 Å². The second-order valence-electron chi connectivity index (χ2n) is 7.12. The van der Waals surface area contributed by atoms with Gasteiger partial charge in [0.1, 0.15) is 11.5 Å². The maximum Gasteiger partial charge on any atom is 0.154 e. The van der Waals surface area contributed by atoms with Crippen LogP contribution in [0.5, 0.6) is 0 Å². The van der Waals surface area contributed by atoms with Gasteiger partial charge < -0.3 is 11.1 Å². The van der Waals surface area contributed by atoms with Gasteiger partial charge in [-0.15, -0.1) is 0 Å². The predicted molar refractivity (Wildman–Crippen MR) is 109 cm³/mol. The zero-order chi connectivity index (χ0) is 19.0. The van der Waals surface area contributed by atoms with Crippen LogP contribution in [0.3, 0.4) is 0 Å². The van der Waals surface area contributed by atoms with Crippen molar-refractivity contribution >= 4 is 28.3 Å². The number of aromatic nitrogens is 2. The molecule has 1 saturated carbocycles. The molecule has 1 aromatic heterocycles. The molecule has 0 saturated heterocycles. The Labute approximate surface area is 162 Å². The molecule has 4 rings (SSSR count). The summed E-state index contributed by atoms with van der Waals surface area (Å²) in [5.74, 6) is 0.959. The maximum atomic E-state index is 14.8. The van der Waals surface area contributed by atoms with Crippen LogP contribution < -0.4 is 11.1 Å². The molecule has 27 heavy (non-hydrogen) atoms. The molecule has 7 heteroatoms. The van der Waals surface area contributed by atoms with Crippen molar-refractivity contribution in [1.82, 2.24) is 9.97 Å². The van der Waals surface area contributed by atoms with Crippen LogP contribution >= 0.6 is 11.8 Å². The molecule has 0 radical (unpaired) electrons. The fourth-order valence-electron chi connectivity index (χ4n) is 3.98. The molecule has 5 nitrogen and oxygen atoms in total. The van der Waals surface area contributed by atoms with Crippen LogP contribution in [0.1, 0.15) is 36.2 Å². The van der Waals surface area contributed by atoms with E-state index in [4.69, 9.17) is 10.7 Å². The number of hydrogen-bond acceptors (Lipinski definition) is 6. The number of aryl methyl sites for hydroxylation is 1. The minimum absolute atomic E-state index is 0.239. The third kappa shape index (κ3) is 3.32. The summed E-state index contributed by atoms with van der Waals surface area (Å²) in [7, 11) is 0. The number of thioether (sulfide) groups is 1. The van der Waals surface area contributed by atoms with Crippen LogP contribution in [0.25, 0.3) is 5.70 Å². The largest absolute Gasteiger partial charge is 0.379 e. The van der Waals surface area contributed by atoms with Gasteiger partial charge in [0.2, 0.25) is 0 Å². The zero-order valence-electron chi connectivity index (χ0n) is 15.2. The molecule has 0 amide bonds. The lowest BCUT2D eigenvalue weighted by Crippen LogP contribution is -2.37. The standard InChI is InChI=1S/C20H22FN5S/c1-12-9-24-18(10-23-12)13(2)25-15-5-6-17(21)16(8-15)20-7-3-4-14(20)11-27-19(22)26-20/h5-6,8-10,14,25H,2-4,7,11H2,1H3,(H2,22,26)/t14-,20-/m0/s1. The van der Waals surface area contributed by atoms with Gasteiger partial charge >= 0.3 is 0 Å². The number of rotatable bonds is 4. The van der Waals surface area contributed by atoms with Gasteiger partial charge in [-0.25, -0.2) is 4.39 Å². The van der Waals surface area contributed by atoms with Crippen molar-refractivity contribution < 1.29 is 4.39 Å². The number of hydrogen-bond donors (Lipinski definition) is 2. The van der Waals surface area contributed by atoms with Crippen molar-refractivity contribution in [2.45, 2.75) is 31.7 Å². The molecule has 1 aliphatic carbocycles. The number of anilines is 1. The number of aliphatic imine (C=N–C) groups is 1. The van der Waals surface area contributed by atoms with Gasteiger partial charge in [-0.3, -0.25) is 15.0 Å². The van der Waals surface area contributed by atoms with E-state index in [1.165, 1.54) is 6.07 Å². The second-order valence-corrected chi connectivity index (χ2v) is 8.16. The van der Waals surface area contributed by atoms with E-state index in [-0.39, 0.29) is 5.82 Å². The van der Waals surface area contributed by atoms with Gasteiger partial charge in [-0.1, -0.05) is 24.8 Å². The summed E-state index contributed by atoms with van der Waals surface area (Å²) < 4.78 is 14.8. The summed E-state index contributed by atoms with van der Waals surface area (Å²) in [4.78, 5) is 13.3. The molecule has 0 spiro atoms. The number of nitrogens with two attached hydrogens (primary N) is 1. The topological polar surface area (TPSA) is 76.2 Å². The van der Waals surface area contributed by atoms with E-state index in [0.717, 1.165) is 36.4 Å². The van der Waals surface area contributed by atoms with Gasteiger partial charge in [0.15, 0.2) is 5.17 Å². The van der Waals surface area contributed by atoms with Crippen LogP contribution in [0.15, 0.2) is 42.2 Å². The Morgan fingerprint density at radius 2 is 2.22 bits per heavy atom. The second kappa shape index (κ2) is 6.96. The Morgan fingerprint density at radius 3 is 3.00 bits per heavy atom. The van der Waals surface area contributed by atoms with Crippen molar-refractivity contribution in [3.8, 4) is 0 Å². The molecule has 1 aromatic carbocycles. The molecule has 2 aliphatic rings. The van der Waals surface area contributed by atoms with E-state index in [0.29, 0.717) is 28.0 Å². The van der Waals surface area contributed by atoms with Crippen LogP contribution in [0, 0.1) is 18.7 Å². The highest BCUT2D eigenvalue weighted by Gasteiger charge is 2.48. The number of benzene rings is 1. The normalized spacial score (nSPS) is 24.2. The van der Waals surface area contributed by atoms with Crippen molar-refractivity contribution in [3.63, 3.8) is 0 Å². The average Bonchev–Trinajstić information content (AvgIpc) is 3.07. The molecular weight excluding hydrogens is 361 g/mol. The van der Waals surface area contributed by atoms with Gasteiger partial charge in [0.25, 0.3) is 0 Å². The van der Waals surface area contributed by atoms with E-state index >= 15 is 0 Å². The van der Waals surface area contributed by atoms with E-state index in [2.05, 4.69) is 21.9 Å². The fourth-order valence-corrected chi connectivity index (χ4v) is 5.02. The monoisotopic (exact) mass is 383 g/mol. The molecule has 2 heterocycles. The van der Waals surface area contributed by atoms with E-state index in [1.807, 2.05) is 13.0 Å². The molecule has 0 unspecified atom stereocenters. The lowest BCUT2D eigenvalue weighted by molar-refractivity contribution is 0.341. The highest BCUT2D eigenvalue weighted by molar-refractivity contribution is 8.13. The molecule has 1 aliphatic heterocycles. The Morgan fingerprint density at radius 1 is 1.37 bits per heavy atom. The third-order valence-corrected chi connectivity index (χ3v) is 6.30. The number of nitrogens with one attached hydrogen (secondary N) is 1. The molecule has 2 aromatic rings. The van der Waals surface area contributed by atoms with Crippen LogP contribution in [-0.2, 0) is 5.54 Å². The summed E-state index contributed by atoms with van der Waals surface area (Å²) in [6, 6.07) is 5.04. The summed E-state index contributed by atoms with van der Waals surface area (Å²) in [5, 5.41) is 3.77. The number of halogens is 1. The fraction of sp³-hybridized carbons (Fsp3) is 0.350. The summed E-state index contributed by atoms with van der Waals surface area (Å²) in [6.07, 6.45) is 6.27. The molecule has 0 bridgehead atoms. The lowest BCUT2D eigenvalue weighted by atomic mass is 9.81. The first-order chi connectivity index (χ1) is 13.0. The quantitative estimate of drug-likeness (QED) is 0.832. The van der Waals surface area contributed by atoms with Crippen molar-refractivity contribution in [2.24, 2.45) is 16.6 Å². The zero-order valence-corrected chi connectivity index (χ0v) is 16.0. The van der Waals surface area contributed by atoms with E-state index < -0.39 is 5.54 Å². The Bertz CT molecular complexity index is 911. The molecule has 3 N–H and O–H groups in total. The first-order valence-corrected chi connectivity index (χ1v) is 9.99.